The van der Waals surface area contributed by atoms with Crippen molar-refractivity contribution in [2.24, 2.45) is 0 Å². The van der Waals surface area contributed by atoms with Crippen molar-refractivity contribution in [3.05, 3.63) is 27.2 Å². The molecule has 0 unspecified atom stereocenters. The Morgan fingerprint density at radius 2 is 1.85 bits per heavy atom. The summed E-state index contributed by atoms with van der Waals surface area (Å²) < 4.78 is 9.80. The third-order valence-corrected chi connectivity index (χ3v) is 4.41. The zero-order chi connectivity index (χ0) is 20.6. The largest absolute Gasteiger partial charge is 0.505 e. The minimum absolute atomic E-state index is 0.0532. The van der Waals surface area contributed by atoms with Gasteiger partial charge in [0.2, 0.25) is 0 Å². The first-order chi connectivity index (χ1) is 12.6. The van der Waals surface area contributed by atoms with E-state index >= 15 is 0 Å². The number of phenolic OH excluding ortho intramolecular Hbond substituents is 1. The second-order valence-corrected chi connectivity index (χ2v) is 7.90. The standard InChI is InChI=1S/C19H27Cl2NO5/c1-19(2,3)27-15(23)11-22-9-7-5-6-8-12-14(20)10-13(18(25)26-4)17(24)16(12)21/h10,22,24H,5-9,11H2,1-4H3. The van der Waals surface area contributed by atoms with E-state index in [0.717, 1.165) is 19.3 Å². The average Bonchev–Trinajstić information content (AvgIpc) is 2.57. The summed E-state index contributed by atoms with van der Waals surface area (Å²) in [6, 6.07) is 1.37. The molecule has 6 nitrogen and oxygen atoms in total. The molecule has 0 amide bonds. The number of rotatable bonds is 9. The molecule has 0 fully saturated rings. The van der Waals surface area contributed by atoms with Gasteiger partial charge in [0.1, 0.15) is 16.9 Å². The van der Waals surface area contributed by atoms with E-state index < -0.39 is 11.6 Å². The monoisotopic (exact) mass is 419 g/mol. The van der Waals surface area contributed by atoms with Crippen molar-refractivity contribution in [1.82, 2.24) is 5.32 Å². The summed E-state index contributed by atoms with van der Waals surface area (Å²) in [4.78, 5) is 23.2. The van der Waals surface area contributed by atoms with E-state index in [1.807, 2.05) is 20.8 Å². The van der Waals surface area contributed by atoms with Crippen LogP contribution in [0.2, 0.25) is 10.0 Å². The van der Waals surface area contributed by atoms with E-state index in [2.05, 4.69) is 10.1 Å². The van der Waals surface area contributed by atoms with Crippen LogP contribution >= 0.6 is 23.2 Å². The first-order valence-electron chi connectivity index (χ1n) is 8.77. The highest BCUT2D eigenvalue weighted by Crippen LogP contribution is 2.37. The molecule has 0 aliphatic rings. The van der Waals surface area contributed by atoms with E-state index in [1.165, 1.54) is 13.2 Å². The molecule has 1 aromatic carbocycles. The van der Waals surface area contributed by atoms with Crippen molar-refractivity contribution >= 4 is 35.1 Å². The smallest absolute Gasteiger partial charge is 0.341 e. The van der Waals surface area contributed by atoms with Gasteiger partial charge in [0.15, 0.2) is 0 Å². The number of unbranched alkanes of at least 4 members (excludes halogenated alkanes) is 2. The van der Waals surface area contributed by atoms with Crippen molar-refractivity contribution in [1.29, 1.82) is 0 Å². The predicted molar refractivity (Wildman–Crippen MR) is 106 cm³/mol. The highest BCUT2D eigenvalue weighted by atomic mass is 35.5. The number of aromatic hydroxyl groups is 1. The zero-order valence-corrected chi connectivity index (χ0v) is 17.7. The molecule has 0 spiro atoms. The number of benzene rings is 1. The minimum atomic E-state index is -0.695. The fourth-order valence-corrected chi connectivity index (χ4v) is 3.08. The van der Waals surface area contributed by atoms with E-state index in [4.69, 9.17) is 27.9 Å². The summed E-state index contributed by atoms with van der Waals surface area (Å²) >= 11 is 12.3. The third kappa shape index (κ3) is 7.95. The summed E-state index contributed by atoms with van der Waals surface area (Å²) in [6.45, 7) is 6.36. The second-order valence-electron chi connectivity index (χ2n) is 7.11. The molecule has 152 valence electrons. The van der Waals surface area contributed by atoms with E-state index in [-0.39, 0.29) is 28.8 Å². The summed E-state index contributed by atoms with van der Waals surface area (Å²) in [7, 11) is 1.22. The number of nitrogens with one attached hydrogen (secondary N) is 1. The van der Waals surface area contributed by atoms with Gasteiger partial charge in [-0.2, -0.15) is 0 Å². The maximum atomic E-state index is 11.6. The molecular formula is C19H27Cl2NO5. The van der Waals surface area contributed by atoms with E-state index in [9.17, 15) is 14.7 Å². The van der Waals surface area contributed by atoms with Crippen molar-refractivity contribution in [2.45, 2.75) is 52.1 Å². The van der Waals surface area contributed by atoms with Crippen molar-refractivity contribution in [2.75, 3.05) is 20.2 Å². The Balaban J connectivity index is 2.40. The van der Waals surface area contributed by atoms with Crippen LogP contribution in [0.25, 0.3) is 0 Å². The van der Waals surface area contributed by atoms with Crippen molar-refractivity contribution < 1.29 is 24.2 Å². The Morgan fingerprint density at radius 1 is 1.19 bits per heavy atom. The number of esters is 2. The first-order valence-corrected chi connectivity index (χ1v) is 9.53. The Hall–Kier alpha value is -1.50. The van der Waals surface area contributed by atoms with Crippen LogP contribution in [0.5, 0.6) is 5.75 Å². The Labute approximate surface area is 170 Å². The van der Waals surface area contributed by atoms with Crippen LogP contribution < -0.4 is 5.32 Å². The number of ether oxygens (including phenoxy) is 2. The topological polar surface area (TPSA) is 84.9 Å². The van der Waals surface area contributed by atoms with Gasteiger partial charge in [0.05, 0.1) is 18.7 Å². The maximum Gasteiger partial charge on any atom is 0.341 e. The van der Waals surface area contributed by atoms with E-state index in [1.54, 1.807) is 0 Å². The normalized spacial score (nSPS) is 11.3. The number of halogens is 2. The van der Waals surface area contributed by atoms with Gasteiger partial charge in [0.25, 0.3) is 0 Å². The summed E-state index contributed by atoms with van der Waals surface area (Å²) in [5, 5.41) is 13.5. The van der Waals surface area contributed by atoms with Gasteiger partial charge >= 0.3 is 11.9 Å². The Kier molecular flexibility index (Phi) is 9.36. The van der Waals surface area contributed by atoms with Gasteiger partial charge in [-0.05, 0) is 58.2 Å². The molecule has 27 heavy (non-hydrogen) atoms. The number of carbonyl (C=O) groups is 2. The van der Waals surface area contributed by atoms with Gasteiger partial charge in [-0.1, -0.05) is 29.6 Å². The minimum Gasteiger partial charge on any atom is -0.505 e. The summed E-state index contributed by atoms with van der Waals surface area (Å²) in [5.41, 5.74) is 0.0690. The number of hydrogen-bond acceptors (Lipinski definition) is 6. The van der Waals surface area contributed by atoms with Crippen LogP contribution in [0.4, 0.5) is 0 Å². The van der Waals surface area contributed by atoms with Gasteiger partial charge < -0.3 is 19.9 Å². The van der Waals surface area contributed by atoms with Gasteiger partial charge in [-0.3, -0.25) is 4.79 Å². The van der Waals surface area contributed by atoms with Crippen LogP contribution in [0.1, 0.15) is 56.0 Å². The Morgan fingerprint density at radius 3 is 2.44 bits per heavy atom. The van der Waals surface area contributed by atoms with E-state index in [0.29, 0.717) is 23.6 Å². The van der Waals surface area contributed by atoms with Crippen LogP contribution in [-0.4, -0.2) is 42.8 Å². The molecule has 0 bridgehead atoms. The van der Waals surface area contributed by atoms with Gasteiger partial charge in [-0.25, -0.2) is 4.79 Å². The zero-order valence-electron chi connectivity index (χ0n) is 16.2. The fraction of sp³-hybridized carbons (Fsp3) is 0.579. The number of phenols is 1. The molecule has 0 aliphatic carbocycles. The molecule has 0 aliphatic heterocycles. The highest BCUT2D eigenvalue weighted by Gasteiger charge is 2.20. The van der Waals surface area contributed by atoms with Crippen LogP contribution in [0.3, 0.4) is 0 Å². The number of methoxy groups -OCH3 is 1. The molecule has 0 heterocycles. The van der Waals surface area contributed by atoms with Crippen molar-refractivity contribution in [3.63, 3.8) is 0 Å². The maximum absolute atomic E-state index is 11.6. The molecule has 0 aromatic heterocycles. The molecule has 0 saturated carbocycles. The molecule has 0 radical (unpaired) electrons. The third-order valence-electron chi connectivity index (χ3n) is 3.66. The molecule has 0 saturated heterocycles. The predicted octanol–water partition coefficient (Wildman–Crippen LogP) is 4.13. The van der Waals surface area contributed by atoms with Crippen LogP contribution in [-0.2, 0) is 20.7 Å². The quantitative estimate of drug-likeness (QED) is 0.462. The molecule has 2 N–H and O–H groups in total. The second kappa shape index (κ2) is 10.7. The molecule has 0 atom stereocenters. The Bertz CT molecular complexity index is 671. The molecule has 1 rings (SSSR count). The van der Waals surface area contributed by atoms with Crippen molar-refractivity contribution in [3.8, 4) is 5.75 Å². The summed E-state index contributed by atoms with van der Waals surface area (Å²) in [5.74, 6) is -1.29. The van der Waals surface area contributed by atoms with Crippen LogP contribution in [0, 0.1) is 0 Å². The first kappa shape index (κ1) is 23.5. The number of carbonyl (C=O) groups excluding carboxylic acids is 2. The lowest BCUT2D eigenvalue weighted by molar-refractivity contribution is -0.153. The lowest BCUT2D eigenvalue weighted by atomic mass is 10.0. The lowest BCUT2D eigenvalue weighted by Crippen LogP contribution is -2.31. The molecular weight excluding hydrogens is 393 g/mol. The van der Waals surface area contributed by atoms with Gasteiger partial charge in [0, 0.05) is 5.02 Å². The summed E-state index contributed by atoms with van der Waals surface area (Å²) in [6.07, 6.45) is 3.11. The average molecular weight is 420 g/mol. The number of hydrogen-bond donors (Lipinski definition) is 2. The molecule has 1 aromatic rings. The highest BCUT2D eigenvalue weighted by molar-refractivity contribution is 6.37. The molecule has 8 heteroatoms. The van der Waals surface area contributed by atoms with Crippen LogP contribution in [0.15, 0.2) is 6.07 Å². The SMILES string of the molecule is COC(=O)c1cc(Cl)c(CCCCCNCC(=O)OC(C)(C)C)c(Cl)c1O. The lowest BCUT2D eigenvalue weighted by Gasteiger charge is -2.19. The fourth-order valence-electron chi connectivity index (χ4n) is 2.44. The van der Waals surface area contributed by atoms with Gasteiger partial charge in [-0.15, -0.1) is 0 Å².